The summed E-state index contributed by atoms with van der Waals surface area (Å²) in [7, 11) is 1.93. The van der Waals surface area contributed by atoms with Crippen LogP contribution in [0.4, 0.5) is 11.5 Å². The number of rotatable bonds is 3. The van der Waals surface area contributed by atoms with E-state index in [9.17, 15) is 4.79 Å². The minimum Gasteiger partial charge on any atom is -0.364 e. The SMILES string of the molecule is Cc1cc2c(cc1-c1cnn(C)c1)CCCN2c1nc(C(N)=O)cc2ccccc12. The lowest BCUT2D eigenvalue weighted by Gasteiger charge is -2.32. The van der Waals surface area contributed by atoms with Gasteiger partial charge in [0.05, 0.1) is 6.20 Å². The van der Waals surface area contributed by atoms with Gasteiger partial charge in [-0.25, -0.2) is 4.98 Å². The van der Waals surface area contributed by atoms with Crippen LogP contribution in [0.5, 0.6) is 0 Å². The molecular formula is C24H23N5O. The lowest BCUT2D eigenvalue weighted by atomic mass is 9.93. The molecule has 0 saturated carbocycles. The van der Waals surface area contributed by atoms with Crippen LogP contribution in [0.15, 0.2) is 54.9 Å². The van der Waals surface area contributed by atoms with E-state index in [1.165, 1.54) is 16.7 Å². The molecule has 30 heavy (non-hydrogen) atoms. The molecule has 0 unspecified atom stereocenters. The Bertz CT molecular complexity index is 1290. The number of nitrogens with two attached hydrogens (primary N) is 1. The van der Waals surface area contributed by atoms with Gasteiger partial charge in [-0.3, -0.25) is 9.48 Å². The number of hydrogen-bond donors (Lipinski definition) is 1. The van der Waals surface area contributed by atoms with Crippen LogP contribution in [-0.4, -0.2) is 27.2 Å². The van der Waals surface area contributed by atoms with E-state index in [1.54, 1.807) is 6.07 Å². The van der Waals surface area contributed by atoms with Crippen LogP contribution in [-0.2, 0) is 13.5 Å². The molecule has 0 atom stereocenters. The standard InChI is InChI=1S/C24H23N5O/c1-15-10-22-17(11-20(15)18-13-26-28(2)14-18)7-5-9-29(22)24-19-8-4-3-6-16(19)12-21(27-24)23(25)30/h3-4,6,8,10-14H,5,7,9H2,1-2H3,(H2,25,30). The number of anilines is 2. The number of carbonyl (C=O) groups is 1. The molecule has 2 aromatic heterocycles. The second-order valence-corrected chi connectivity index (χ2v) is 7.87. The summed E-state index contributed by atoms with van der Waals surface area (Å²) >= 11 is 0. The van der Waals surface area contributed by atoms with E-state index in [2.05, 4.69) is 34.0 Å². The number of fused-ring (bicyclic) bond motifs is 2. The molecule has 0 bridgehead atoms. The van der Waals surface area contributed by atoms with Gasteiger partial charge >= 0.3 is 0 Å². The number of nitrogens with zero attached hydrogens (tertiary/aromatic N) is 4. The first-order chi connectivity index (χ1) is 14.5. The Kier molecular flexibility index (Phi) is 4.28. The Morgan fingerprint density at radius 1 is 1.17 bits per heavy atom. The Balaban J connectivity index is 1.69. The van der Waals surface area contributed by atoms with Gasteiger partial charge in [0.25, 0.3) is 5.91 Å². The fourth-order valence-corrected chi connectivity index (χ4v) is 4.34. The summed E-state index contributed by atoms with van der Waals surface area (Å²) in [4.78, 5) is 18.8. The molecule has 6 nitrogen and oxygen atoms in total. The molecule has 2 aromatic carbocycles. The number of carbonyl (C=O) groups excluding carboxylic acids is 1. The second kappa shape index (κ2) is 6.99. The number of aryl methyl sites for hydroxylation is 3. The molecule has 0 spiro atoms. The van der Waals surface area contributed by atoms with Gasteiger partial charge in [0.2, 0.25) is 0 Å². The molecule has 0 saturated heterocycles. The van der Waals surface area contributed by atoms with E-state index in [1.807, 2.05) is 48.4 Å². The number of benzene rings is 2. The third kappa shape index (κ3) is 3.01. The second-order valence-electron chi connectivity index (χ2n) is 7.87. The van der Waals surface area contributed by atoms with Gasteiger partial charge in [-0.15, -0.1) is 0 Å². The number of pyridine rings is 1. The van der Waals surface area contributed by atoms with Gasteiger partial charge in [-0.05, 0) is 60.0 Å². The van der Waals surface area contributed by atoms with Crippen molar-refractivity contribution < 1.29 is 4.79 Å². The average molecular weight is 397 g/mol. The molecule has 4 aromatic rings. The molecule has 5 rings (SSSR count). The van der Waals surface area contributed by atoms with E-state index >= 15 is 0 Å². The van der Waals surface area contributed by atoms with Crippen molar-refractivity contribution in [2.75, 3.05) is 11.4 Å². The van der Waals surface area contributed by atoms with Crippen molar-refractivity contribution in [3.8, 4) is 11.1 Å². The number of amides is 1. The molecule has 2 N–H and O–H groups in total. The van der Waals surface area contributed by atoms with Gasteiger partial charge in [0.15, 0.2) is 0 Å². The minimum absolute atomic E-state index is 0.291. The summed E-state index contributed by atoms with van der Waals surface area (Å²) in [6.45, 7) is 2.97. The van der Waals surface area contributed by atoms with Crippen molar-refractivity contribution in [2.45, 2.75) is 19.8 Å². The molecule has 1 amide bonds. The predicted octanol–water partition coefficient (Wildman–Crippen LogP) is 4.13. The van der Waals surface area contributed by atoms with Crippen LogP contribution in [0.1, 0.15) is 28.0 Å². The highest BCUT2D eigenvalue weighted by Crippen LogP contribution is 2.39. The van der Waals surface area contributed by atoms with Crippen molar-refractivity contribution >= 4 is 28.2 Å². The summed E-state index contributed by atoms with van der Waals surface area (Å²) in [5.74, 6) is 0.277. The maximum Gasteiger partial charge on any atom is 0.267 e. The Hall–Kier alpha value is -3.67. The van der Waals surface area contributed by atoms with Gasteiger partial charge in [0, 0.05) is 36.4 Å². The van der Waals surface area contributed by atoms with Crippen LogP contribution in [0, 0.1) is 6.92 Å². The molecular weight excluding hydrogens is 374 g/mol. The van der Waals surface area contributed by atoms with Crippen LogP contribution >= 0.6 is 0 Å². The summed E-state index contributed by atoms with van der Waals surface area (Å²) in [5.41, 5.74) is 11.8. The molecule has 1 aliphatic rings. The Morgan fingerprint density at radius 2 is 2.00 bits per heavy atom. The van der Waals surface area contributed by atoms with Crippen molar-refractivity contribution in [1.29, 1.82) is 0 Å². The first-order valence-electron chi connectivity index (χ1n) is 10.1. The highest BCUT2D eigenvalue weighted by atomic mass is 16.1. The Labute approximate surface area is 174 Å². The summed E-state index contributed by atoms with van der Waals surface area (Å²) < 4.78 is 1.83. The van der Waals surface area contributed by atoms with E-state index < -0.39 is 5.91 Å². The molecule has 0 fully saturated rings. The van der Waals surface area contributed by atoms with Gasteiger partial charge in [-0.2, -0.15) is 5.10 Å². The summed E-state index contributed by atoms with van der Waals surface area (Å²) in [6, 6.07) is 14.3. The van der Waals surface area contributed by atoms with E-state index in [4.69, 9.17) is 5.73 Å². The minimum atomic E-state index is -0.512. The van der Waals surface area contributed by atoms with Crippen LogP contribution in [0.3, 0.4) is 0 Å². The van der Waals surface area contributed by atoms with Gasteiger partial charge in [-0.1, -0.05) is 24.3 Å². The third-order valence-electron chi connectivity index (χ3n) is 5.79. The van der Waals surface area contributed by atoms with Crippen LogP contribution < -0.4 is 10.6 Å². The quantitative estimate of drug-likeness (QED) is 0.564. The van der Waals surface area contributed by atoms with Gasteiger partial charge in [0.1, 0.15) is 11.5 Å². The lowest BCUT2D eigenvalue weighted by Crippen LogP contribution is -2.27. The third-order valence-corrected chi connectivity index (χ3v) is 5.79. The monoisotopic (exact) mass is 397 g/mol. The first-order valence-corrected chi connectivity index (χ1v) is 10.1. The molecule has 1 aliphatic heterocycles. The Morgan fingerprint density at radius 3 is 2.77 bits per heavy atom. The predicted molar refractivity (Wildman–Crippen MR) is 119 cm³/mol. The zero-order valence-electron chi connectivity index (χ0n) is 17.1. The largest absolute Gasteiger partial charge is 0.364 e. The fraction of sp³-hybridized carbons (Fsp3) is 0.208. The number of primary amides is 1. The molecule has 0 radical (unpaired) electrons. The van der Waals surface area contributed by atoms with Crippen molar-refractivity contribution in [2.24, 2.45) is 12.8 Å². The van der Waals surface area contributed by atoms with Crippen molar-refractivity contribution in [3.63, 3.8) is 0 Å². The highest BCUT2D eigenvalue weighted by molar-refractivity contribution is 6.01. The summed E-state index contributed by atoms with van der Waals surface area (Å²) in [6.07, 6.45) is 5.97. The zero-order chi connectivity index (χ0) is 20.8. The number of hydrogen-bond acceptors (Lipinski definition) is 4. The highest BCUT2D eigenvalue weighted by Gasteiger charge is 2.24. The maximum atomic E-state index is 11.9. The molecule has 3 heterocycles. The lowest BCUT2D eigenvalue weighted by molar-refractivity contribution is 0.0996. The van der Waals surface area contributed by atoms with Gasteiger partial charge < -0.3 is 10.6 Å². The zero-order valence-corrected chi connectivity index (χ0v) is 17.1. The summed E-state index contributed by atoms with van der Waals surface area (Å²) in [5, 5.41) is 6.30. The average Bonchev–Trinajstić information content (AvgIpc) is 3.18. The number of aromatic nitrogens is 3. The maximum absolute atomic E-state index is 11.9. The van der Waals surface area contributed by atoms with Crippen LogP contribution in [0.2, 0.25) is 0 Å². The smallest absolute Gasteiger partial charge is 0.267 e. The molecule has 0 aliphatic carbocycles. The normalized spacial score (nSPS) is 13.5. The molecule has 6 heteroatoms. The van der Waals surface area contributed by atoms with Crippen molar-refractivity contribution in [3.05, 3.63) is 71.7 Å². The topological polar surface area (TPSA) is 77.0 Å². The fourth-order valence-electron chi connectivity index (χ4n) is 4.34. The van der Waals surface area contributed by atoms with Crippen LogP contribution in [0.25, 0.3) is 21.9 Å². The van der Waals surface area contributed by atoms with E-state index in [-0.39, 0.29) is 0 Å². The first kappa shape index (κ1) is 18.4. The van der Waals surface area contributed by atoms with E-state index in [0.29, 0.717) is 5.69 Å². The van der Waals surface area contributed by atoms with Crippen molar-refractivity contribution in [1.82, 2.24) is 14.8 Å². The molecule has 150 valence electrons. The van der Waals surface area contributed by atoms with E-state index in [0.717, 1.165) is 47.2 Å².